The van der Waals surface area contributed by atoms with Crippen LogP contribution in [0.15, 0.2) is 40.8 Å². The monoisotopic (exact) mass is 323 g/mol. The van der Waals surface area contributed by atoms with Crippen LogP contribution < -0.4 is 21.9 Å². The van der Waals surface area contributed by atoms with Gasteiger partial charge >= 0.3 is 0 Å². The molecular weight excluding hydrogens is 306 g/mol. The average molecular weight is 324 g/mol. The van der Waals surface area contributed by atoms with Crippen molar-refractivity contribution in [1.29, 1.82) is 0 Å². The lowest BCUT2D eigenvalue weighted by atomic mass is 10.1. The molecule has 0 unspecified atom stereocenters. The second-order valence-corrected chi connectivity index (χ2v) is 5.66. The lowest BCUT2D eigenvalue weighted by Crippen LogP contribution is -2.39. The minimum atomic E-state index is -1.07. The smallest absolute Gasteiger partial charge is 0.196 e. The molecule has 0 fully saturated rings. The Hall–Kier alpha value is -2.09. The van der Waals surface area contributed by atoms with Crippen molar-refractivity contribution in [3.05, 3.63) is 46.5 Å². The molecule has 1 aliphatic rings. The van der Waals surface area contributed by atoms with Crippen LogP contribution in [0.3, 0.4) is 0 Å². The van der Waals surface area contributed by atoms with Crippen LogP contribution in [0.25, 0.3) is 0 Å². The number of hydrogen-bond acceptors (Lipinski definition) is 7. The van der Waals surface area contributed by atoms with Crippen molar-refractivity contribution in [2.45, 2.75) is 19.4 Å². The molecule has 6 N–H and O–H groups in total. The third-order valence-corrected chi connectivity index (χ3v) is 3.15. The Labute approximate surface area is 133 Å². The number of aromatic nitrogens is 1. The zero-order valence-corrected chi connectivity index (χ0v) is 13.0. The van der Waals surface area contributed by atoms with E-state index >= 15 is 0 Å². The maximum absolute atomic E-state index is 11.8. The molecule has 0 atom stereocenters. The first-order chi connectivity index (χ1) is 10.3. The van der Waals surface area contributed by atoms with Gasteiger partial charge in [-0.05, 0) is 26.0 Å². The molecule has 2 heterocycles. The fourth-order valence-corrected chi connectivity index (χ4v) is 1.98. The molecule has 1 aliphatic heterocycles. The highest BCUT2D eigenvalue weighted by Crippen LogP contribution is 2.21. The van der Waals surface area contributed by atoms with E-state index in [0.717, 1.165) is 0 Å². The van der Waals surface area contributed by atoms with E-state index in [1.807, 2.05) is 0 Å². The highest BCUT2D eigenvalue weighted by Gasteiger charge is 2.20. The number of hydrazine groups is 1. The molecule has 1 aromatic rings. The summed E-state index contributed by atoms with van der Waals surface area (Å²) in [6, 6.07) is 5.19. The van der Waals surface area contributed by atoms with Gasteiger partial charge in [0.2, 0.25) is 0 Å². The number of ketones is 1. The van der Waals surface area contributed by atoms with E-state index in [2.05, 4.69) is 21.2 Å². The van der Waals surface area contributed by atoms with Crippen LogP contribution in [0.1, 0.15) is 19.5 Å². The van der Waals surface area contributed by atoms with Gasteiger partial charge in [-0.1, -0.05) is 17.7 Å². The molecule has 118 valence electrons. The Kier molecular flexibility index (Phi) is 4.70. The van der Waals surface area contributed by atoms with Crippen molar-refractivity contribution in [2.24, 2.45) is 5.73 Å². The summed E-state index contributed by atoms with van der Waals surface area (Å²) in [7, 11) is 0. The topological polar surface area (TPSA) is 112 Å². The third-order valence-electron chi connectivity index (χ3n) is 2.95. The van der Waals surface area contributed by atoms with Crippen molar-refractivity contribution in [2.75, 3.05) is 11.9 Å². The van der Waals surface area contributed by atoms with Crippen LogP contribution >= 0.6 is 11.6 Å². The number of nitrogens with one attached hydrogen (secondary N) is 3. The van der Waals surface area contributed by atoms with E-state index in [-0.39, 0.29) is 18.0 Å². The standard InChI is InChI=1S/C14H18ClN5O2/c1-14(2,22)10-4-3-5-12(18-10)17-8-6-11(15)19-20-13(8)9(21)7-16/h3-6,19-20,22H,7,16H2,1-2H3,(H,17,18). The van der Waals surface area contributed by atoms with Gasteiger partial charge < -0.3 is 16.2 Å². The lowest BCUT2D eigenvalue weighted by Gasteiger charge is -2.22. The molecule has 0 aliphatic carbocycles. The van der Waals surface area contributed by atoms with Gasteiger partial charge in [0, 0.05) is 6.08 Å². The number of nitrogens with zero attached hydrogens (tertiary/aromatic N) is 1. The molecule has 0 saturated heterocycles. The summed E-state index contributed by atoms with van der Waals surface area (Å²) in [5, 5.41) is 13.3. The largest absolute Gasteiger partial charge is 0.384 e. The fraction of sp³-hybridized carbons (Fsp3) is 0.286. The van der Waals surface area contributed by atoms with Gasteiger partial charge in [-0.3, -0.25) is 15.6 Å². The lowest BCUT2D eigenvalue weighted by molar-refractivity contribution is -0.114. The van der Waals surface area contributed by atoms with Crippen molar-refractivity contribution < 1.29 is 9.90 Å². The summed E-state index contributed by atoms with van der Waals surface area (Å²) >= 11 is 5.91. The fourth-order valence-electron chi connectivity index (χ4n) is 1.83. The first-order valence-electron chi connectivity index (χ1n) is 6.65. The number of anilines is 1. The number of carbonyl (C=O) groups excluding carboxylic acids is 1. The summed E-state index contributed by atoms with van der Waals surface area (Å²) in [4.78, 5) is 16.2. The Balaban J connectivity index is 2.35. The predicted molar refractivity (Wildman–Crippen MR) is 84.4 cm³/mol. The third kappa shape index (κ3) is 3.76. The van der Waals surface area contributed by atoms with Crippen molar-refractivity contribution >= 4 is 23.2 Å². The first-order valence-corrected chi connectivity index (χ1v) is 7.03. The number of hydrogen-bond donors (Lipinski definition) is 5. The van der Waals surface area contributed by atoms with Crippen molar-refractivity contribution in [3.63, 3.8) is 0 Å². The number of nitrogens with two attached hydrogens (primary N) is 1. The average Bonchev–Trinajstić information content (AvgIpc) is 2.46. The molecule has 0 radical (unpaired) electrons. The Bertz CT molecular complexity index is 649. The molecule has 0 amide bonds. The zero-order valence-electron chi connectivity index (χ0n) is 12.3. The molecule has 0 bridgehead atoms. The highest BCUT2D eigenvalue weighted by atomic mass is 35.5. The second-order valence-electron chi connectivity index (χ2n) is 5.25. The van der Waals surface area contributed by atoms with Crippen LogP contribution in [0.2, 0.25) is 0 Å². The molecule has 2 rings (SSSR count). The molecule has 8 heteroatoms. The Morgan fingerprint density at radius 2 is 2.18 bits per heavy atom. The van der Waals surface area contributed by atoms with Crippen LogP contribution in [0.4, 0.5) is 5.82 Å². The molecule has 22 heavy (non-hydrogen) atoms. The first kappa shape index (κ1) is 16.3. The van der Waals surface area contributed by atoms with Crippen LogP contribution in [-0.2, 0) is 10.4 Å². The van der Waals surface area contributed by atoms with E-state index in [1.54, 1.807) is 38.1 Å². The summed E-state index contributed by atoms with van der Waals surface area (Å²) in [6.07, 6.45) is 1.55. The molecule has 0 aromatic carbocycles. The van der Waals surface area contributed by atoms with Gasteiger partial charge in [0.1, 0.15) is 22.3 Å². The maximum Gasteiger partial charge on any atom is 0.196 e. The van der Waals surface area contributed by atoms with Gasteiger partial charge in [0.15, 0.2) is 5.78 Å². The summed E-state index contributed by atoms with van der Waals surface area (Å²) < 4.78 is 0. The van der Waals surface area contributed by atoms with Gasteiger partial charge in [0.05, 0.1) is 17.9 Å². The number of Topliss-reactive ketones (excluding diaryl/α,β-unsaturated/α-hetero) is 1. The van der Waals surface area contributed by atoms with E-state index in [0.29, 0.717) is 22.4 Å². The zero-order chi connectivity index (χ0) is 16.3. The number of pyridine rings is 1. The van der Waals surface area contributed by atoms with Crippen LogP contribution in [0.5, 0.6) is 0 Å². The number of allylic oxidation sites excluding steroid dienone is 1. The minimum absolute atomic E-state index is 0.141. The van der Waals surface area contributed by atoms with Gasteiger partial charge in [0.25, 0.3) is 0 Å². The van der Waals surface area contributed by atoms with Gasteiger partial charge in [-0.2, -0.15) is 0 Å². The maximum atomic E-state index is 11.8. The van der Waals surface area contributed by atoms with E-state index in [9.17, 15) is 9.90 Å². The van der Waals surface area contributed by atoms with E-state index < -0.39 is 5.60 Å². The molecule has 7 nitrogen and oxygen atoms in total. The summed E-state index contributed by atoms with van der Waals surface area (Å²) in [5.74, 6) is 0.190. The van der Waals surface area contributed by atoms with Crippen molar-refractivity contribution in [3.8, 4) is 0 Å². The SMILES string of the molecule is CC(C)(O)c1cccc(NC2=C(C(=O)CN)NNC(Cl)=C2)n1. The molecule has 0 spiro atoms. The minimum Gasteiger partial charge on any atom is -0.384 e. The molecule has 1 aromatic heterocycles. The Morgan fingerprint density at radius 3 is 2.82 bits per heavy atom. The molecule has 0 saturated carbocycles. The van der Waals surface area contributed by atoms with Crippen molar-refractivity contribution in [1.82, 2.24) is 15.8 Å². The summed E-state index contributed by atoms with van der Waals surface area (Å²) in [5.41, 5.74) is 10.9. The highest BCUT2D eigenvalue weighted by molar-refractivity contribution is 6.29. The number of halogens is 1. The normalized spacial score (nSPS) is 14.9. The number of rotatable bonds is 5. The van der Waals surface area contributed by atoms with Crippen LogP contribution in [-0.4, -0.2) is 22.4 Å². The molecular formula is C14H18ClN5O2. The van der Waals surface area contributed by atoms with Gasteiger partial charge in [-0.25, -0.2) is 4.98 Å². The quantitative estimate of drug-likeness (QED) is 0.506. The second kappa shape index (κ2) is 6.35. The van der Waals surface area contributed by atoms with Gasteiger partial charge in [-0.15, -0.1) is 0 Å². The van der Waals surface area contributed by atoms with E-state index in [1.165, 1.54) is 0 Å². The van der Waals surface area contributed by atoms with Crippen LogP contribution in [0, 0.1) is 0 Å². The predicted octanol–water partition coefficient (Wildman–Crippen LogP) is 0.648. The summed E-state index contributed by atoms with van der Waals surface area (Å²) in [6.45, 7) is 3.15. The number of aliphatic hydroxyl groups is 1. The van der Waals surface area contributed by atoms with E-state index in [4.69, 9.17) is 17.3 Å². The Morgan fingerprint density at radius 1 is 1.45 bits per heavy atom. The number of carbonyl (C=O) groups is 1.